The summed E-state index contributed by atoms with van der Waals surface area (Å²) in [6.07, 6.45) is 3.10. The molecule has 1 aromatic carbocycles. The molecule has 0 saturated carbocycles. The Morgan fingerprint density at radius 2 is 1.76 bits per heavy atom. The van der Waals surface area contributed by atoms with E-state index >= 15 is 0 Å². The van der Waals surface area contributed by atoms with Crippen molar-refractivity contribution in [1.29, 1.82) is 0 Å². The maximum absolute atomic E-state index is 12.6. The smallest absolute Gasteiger partial charge is 0.263 e. The normalized spacial score (nSPS) is 13.8. The fraction of sp³-hybridized carbons (Fsp3) is 0.444. The molecule has 0 aliphatic heterocycles. The molecule has 7 heteroatoms. The summed E-state index contributed by atoms with van der Waals surface area (Å²) < 4.78 is 32.8. The second kappa shape index (κ2) is 9.36. The minimum absolute atomic E-state index is 0.143. The van der Waals surface area contributed by atoms with Crippen LogP contribution in [-0.2, 0) is 14.8 Å². The summed E-state index contributed by atoms with van der Waals surface area (Å²) in [6.45, 7) is 8.01. The van der Waals surface area contributed by atoms with Crippen molar-refractivity contribution >= 4 is 22.1 Å². The lowest BCUT2D eigenvalue weighted by atomic mass is 10.0. The number of nitrogens with one attached hydrogen (secondary N) is 1. The molecule has 0 radical (unpaired) electrons. The van der Waals surface area contributed by atoms with E-state index in [0.29, 0.717) is 5.92 Å². The Kier molecular flexibility index (Phi) is 7.83. The van der Waals surface area contributed by atoms with E-state index in [2.05, 4.69) is 28.6 Å². The first-order valence-electron chi connectivity index (χ1n) is 8.09. The van der Waals surface area contributed by atoms with E-state index in [1.54, 1.807) is 25.4 Å². The van der Waals surface area contributed by atoms with Gasteiger partial charge in [0, 0.05) is 19.3 Å². The summed E-state index contributed by atoms with van der Waals surface area (Å²) in [5, 5.41) is 0. The highest BCUT2D eigenvalue weighted by Gasteiger charge is 2.16. The lowest BCUT2D eigenvalue weighted by Crippen LogP contribution is -2.23. The minimum atomic E-state index is -3.75. The van der Waals surface area contributed by atoms with Crippen LogP contribution in [0.2, 0.25) is 0 Å². The van der Waals surface area contributed by atoms with Crippen molar-refractivity contribution in [3.63, 3.8) is 0 Å². The lowest BCUT2D eigenvalue weighted by Gasteiger charge is -2.11. The highest BCUT2D eigenvalue weighted by Crippen LogP contribution is 2.18. The first kappa shape index (κ1) is 20.9. The standard InChI is InChI=1S/C18H27N3O3S/c1-13(2)12-20-17(11-18(19-5)24-6)21-25(22,23)16-9-7-15(8-10-16)14(3)4/h7-14,21H,1-6H3/b17-11+,19-18+,20-12+. The van der Waals surface area contributed by atoms with Gasteiger partial charge in [-0.25, -0.2) is 13.4 Å². The Morgan fingerprint density at radius 1 is 1.16 bits per heavy atom. The molecule has 0 bridgehead atoms. The Morgan fingerprint density at radius 3 is 2.20 bits per heavy atom. The van der Waals surface area contributed by atoms with E-state index in [1.807, 2.05) is 26.0 Å². The van der Waals surface area contributed by atoms with Crippen molar-refractivity contribution < 1.29 is 13.2 Å². The van der Waals surface area contributed by atoms with Gasteiger partial charge in [0.05, 0.1) is 12.0 Å². The van der Waals surface area contributed by atoms with Gasteiger partial charge >= 0.3 is 0 Å². The molecule has 0 aromatic heterocycles. The highest BCUT2D eigenvalue weighted by atomic mass is 32.2. The predicted octanol–water partition coefficient (Wildman–Crippen LogP) is 3.33. The second-order valence-corrected chi connectivity index (χ2v) is 7.83. The maximum atomic E-state index is 12.6. The van der Waals surface area contributed by atoms with E-state index in [-0.39, 0.29) is 22.5 Å². The summed E-state index contributed by atoms with van der Waals surface area (Å²) in [7, 11) is -0.741. The molecule has 138 valence electrons. The van der Waals surface area contributed by atoms with Crippen LogP contribution in [0.25, 0.3) is 0 Å². The molecule has 0 fully saturated rings. The molecule has 0 aliphatic rings. The monoisotopic (exact) mass is 365 g/mol. The average molecular weight is 365 g/mol. The molecule has 0 heterocycles. The summed E-state index contributed by atoms with van der Waals surface area (Å²) in [6, 6.07) is 6.81. The van der Waals surface area contributed by atoms with Gasteiger partial charge in [0.2, 0.25) is 5.90 Å². The summed E-state index contributed by atoms with van der Waals surface area (Å²) in [5.41, 5.74) is 1.08. The van der Waals surface area contributed by atoms with Crippen LogP contribution in [-0.4, -0.2) is 34.7 Å². The van der Waals surface area contributed by atoms with E-state index < -0.39 is 10.0 Å². The first-order valence-corrected chi connectivity index (χ1v) is 9.57. The van der Waals surface area contributed by atoms with Gasteiger partial charge < -0.3 is 4.74 Å². The van der Waals surface area contributed by atoms with Crippen molar-refractivity contribution in [1.82, 2.24) is 4.72 Å². The zero-order valence-corrected chi connectivity index (χ0v) is 16.5. The Hall–Kier alpha value is -2.15. The van der Waals surface area contributed by atoms with Gasteiger partial charge in [-0.3, -0.25) is 9.71 Å². The van der Waals surface area contributed by atoms with Crippen LogP contribution >= 0.6 is 0 Å². The molecule has 0 saturated heterocycles. The topological polar surface area (TPSA) is 80.1 Å². The zero-order chi connectivity index (χ0) is 19.0. The van der Waals surface area contributed by atoms with Gasteiger partial charge in [0.15, 0.2) is 0 Å². The SMILES string of the molecule is C\N=C(/C=C(\N=C\C(C)C)NS(=O)(=O)c1ccc(C(C)C)cc1)OC. The number of rotatable bonds is 7. The number of sulfonamides is 1. The Balaban J connectivity index is 3.16. The van der Waals surface area contributed by atoms with Gasteiger partial charge in [-0.15, -0.1) is 0 Å². The zero-order valence-electron chi connectivity index (χ0n) is 15.6. The summed E-state index contributed by atoms with van der Waals surface area (Å²) in [4.78, 5) is 8.29. The number of nitrogens with zero attached hydrogens (tertiary/aromatic N) is 2. The van der Waals surface area contributed by atoms with Gasteiger partial charge in [0.1, 0.15) is 5.82 Å². The third kappa shape index (κ3) is 6.70. The molecule has 0 unspecified atom stereocenters. The van der Waals surface area contributed by atoms with Gasteiger partial charge in [-0.2, -0.15) is 0 Å². The molecule has 6 nitrogen and oxygen atoms in total. The number of methoxy groups -OCH3 is 1. The molecule has 0 atom stereocenters. The third-order valence-electron chi connectivity index (χ3n) is 3.30. The van der Waals surface area contributed by atoms with Crippen molar-refractivity contribution in [2.24, 2.45) is 15.9 Å². The van der Waals surface area contributed by atoms with Crippen LogP contribution in [0.1, 0.15) is 39.2 Å². The van der Waals surface area contributed by atoms with Crippen LogP contribution in [0.4, 0.5) is 0 Å². The highest BCUT2D eigenvalue weighted by molar-refractivity contribution is 7.89. The van der Waals surface area contributed by atoms with E-state index in [4.69, 9.17) is 4.74 Å². The number of hydrogen-bond acceptors (Lipinski definition) is 5. The van der Waals surface area contributed by atoms with Gasteiger partial charge in [0.25, 0.3) is 10.0 Å². The summed E-state index contributed by atoms with van der Waals surface area (Å²) >= 11 is 0. The summed E-state index contributed by atoms with van der Waals surface area (Å²) in [5.74, 6) is 0.918. The Labute approximate surface area is 150 Å². The van der Waals surface area contributed by atoms with Crippen molar-refractivity contribution in [3.05, 3.63) is 41.7 Å². The van der Waals surface area contributed by atoms with E-state index in [1.165, 1.54) is 13.2 Å². The number of benzene rings is 1. The van der Waals surface area contributed by atoms with Crippen LogP contribution < -0.4 is 4.72 Å². The number of ether oxygens (including phenoxy) is 1. The van der Waals surface area contributed by atoms with E-state index in [0.717, 1.165) is 5.56 Å². The van der Waals surface area contributed by atoms with Gasteiger partial charge in [-0.05, 0) is 29.5 Å². The van der Waals surface area contributed by atoms with Crippen LogP contribution in [0.5, 0.6) is 0 Å². The minimum Gasteiger partial charge on any atom is -0.481 e. The molecule has 1 N–H and O–H groups in total. The van der Waals surface area contributed by atoms with Crippen LogP contribution in [0, 0.1) is 5.92 Å². The van der Waals surface area contributed by atoms with Gasteiger partial charge in [-0.1, -0.05) is 39.8 Å². The number of hydrogen-bond donors (Lipinski definition) is 1. The van der Waals surface area contributed by atoms with Crippen molar-refractivity contribution in [3.8, 4) is 0 Å². The molecular weight excluding hydrogens is 338 g/mol. The average Bonchev–Trinajstić information content (AvgIpc) is 2.57. The molecular formula is C18H27N3O3S. The largest absolute Gasteiger partial charge is 0.481 e. The molecule has 0 aliphatic carbocycles. The molecule has 0 spiro atoms. The van der Waals surface area contributed by atoms with Crippen molar-refractivity contribution in [2.45, 2.75) is 38.5 Å². The third-order valence-corrected chi connectivity index (χ3v) is 4.67. The predicted molar refractivity (Wildman–Crippen MR) is 103 cm³/mol. The molecule has 25 heavy (non-hydrogen) atoms. The van der Waals surface area contributed by atoms with Crippen LogP contribution in [0.3, 0.4) is 0 Å². The molecule has 0 amide bonds. The first-order chi connectivity index (χ1) is 11.7. The maximum Gasteiger partial charge on any atom is 0.263 e. The lowest BCUT2D eigenvalue weighted by molar-refractivity contribution is 0.405. The van der Waals surface area contributed by atoms with Crippen LogP contribution in [0.15, 0.2) is 51.0 Å². The fourth-order valence-corrected chi connectivity index (χ4v) is 2.88. The quantitative estimate of drug-likeness (QED) is 0.594. The molecule has 1 aromatic rings. The number of aliphatic imine (C=N–C) groups is 2. The van der Waals surface area contributed by atoms with E-state index in [9.17, 15) is 8.42 Å². The van der Waals surface area contributed by atoms with Crippen molar-refractivity contribution in [2.75, 3.05) is 14.2 Å². The fourth-order valence-electron chi connectivity index (χ4n) is 1.88. The Bertz CT molecular complexity index is 746. The molecule has 1 rings (SSSR count). The second-order valence-electron chi connectivity index (χ2n) is 6.15.